The number of aryl methyl sites for hydroxylation is 1. The molecule has 1 N–H and O–H groups in total. The second-order valence-corrected chi connectivity index (χ2v) is 7.73. The van der Waals surface area contributed by atoms with Gasteiger partial charge in [0, 0.05) is 24.3 Å². The van der Waals surface area contributed by atoms with E-state index in [0.29, 0.717) is 5.75 Å². The van der Waals surface area contributed by atoms with E-state index in [1.807, 2.05) is 48.5 Å². The van der Waals surface area contributed by atoms with Crippen molar-refractivity contribution in [3.63, 3.8) is 0 Å². The quantitative estimate of drug-likeness (QED) is 0.726. The van der Waals surface area contributed by atoms with Crippen LogP contribution in [-0.4, -0.2) is 47.7 Å². The molecule has 2 aromatic rings. The smallest absolute Gasteiger partial charge is 0.262 e. The lowest BCUT2D eigenvalue weighted by molar-refractivity contribution is -0.118. The molecule has 3 rings (SSSR count). The van der Waals surface area contributed by atoms with Crippen LogP contribution in [0.3, 0.4) is 0 Å². The number of ether oxygens (including phenoxy) is 2. The van der Waals surface area contributed by atoms with E-state index in [2.05, 4.69) is 31.0 Å². The van der Waals surface area contributed by atoms with Crippen LogP contribution in [0.5, 0.6) is 5.75 Å². The number of carbonyl (C=O) groups is 1. The summed E-state index contributed by atoms with van der Waals surface area (Å²) in [7, 11) is 0. The van der Waals surface area contributed by atoms with Gasteiger partial charge in [0.25, 0.3) is 5.91 Å². The van der Waals surface area contributed by atoms with Crippen molar-refractivity contribution in [1.29, 1.82) is 0 Å². The largest absolute Gasteiger partial charge is 0.484 e. The molecule has 2 aromatic carbocycles. The zero-order valence-electron chi connectivity index (χ0n) is 17.2. The Bertz CT molecular complexity index is 843. The summed E-state index contributed by atoms with van der Waals surface area (Å²) in [6.45, 7) is 7.73. The molecule has 0 saturated carbocycles. The Morgan fingerprint density at radius 1 is 1.14 bits per heavy atom. The highest BCUT2D eigenvalue weighted by molar-refractivity contribution is 7.80. The van der Waals surface area contributed by atoms with Crippen molar-refractivity contribution in [2.75, 3.05) is 25.0 Å². The van der Waals surface area contributed by atoms with E-state index < -0.39 is 0 Å². The summed E-state index contributed by atoms with van der Waals surface area (Å²) in [5.41, 5.74) is 2.90. The van der Waals surface area contributed by atoms with E-state index in [1.165, 1.54) is 0 Å². The molecule has 1 saturated heterocycles. The average Bonchev–Trinajstić information content (AvgIpc) is 2.72. The first-order valence-corrected chi connectivity index (χ1v) is 10.4. The number of morpholine rings is 1. The molecule has 29 heavy (non-hydrogen) atoms. The molecule has 1 amide bonds. The fourth-order valence-corrected chi connectivity index (χ4v) is 3.79. The first-order valence-electron chi connectivity index (χ1n) is 10.0. The number of amides is 1. The van der Waals surface area contributed by atoms with Crippen LogP contribution in [0, 0.1) is 0 Å². The minimum Gasteiger partial charge on any atom is -0.484 e. The molecule has 154 valence electrons. The lowest BCUT2D eigenvalue weighted by atomic mass is 10.1. The van der Waals surface area contributed by atoms with Crippen LogP contribution in [0.15, 0.2) is 48.5 Å². The topological polar surface area (TPSA) is 50.8 Å². The number of para-hydroxylation sites is 1. The molecule has 0 unspecified atom stereocenters. The summed E-state index contributed by atoms with van der Waals surface area (Å²) < 4.78 is 11.4. The van der Waals surface area contributed by atoms with Crippen LogP contribution < -0.4 is 10.1 Å². The fourth-order valence-electron chi connectivity index (χ4n) is 3.51. The second kappa shape index (κ2) is 9.85. The van der Waals surface area contributed by atoms with Crippen LogP contribution in [0.25, 0.3) is 0 Å². The number of rotatable bonds is 6. The predicted octanol–water partition coefficient (Wildman–Crippen LogP) is 4.05. The molecule has 0 radical (unpaired) electrons. The van der Waals surface area contributed by atoms with E-state index in [4.69, 9.17) is 21.7 Å². The SMILES string of the molecule is CCc1ccccc1NC(=O)COc1ccc(C(=S)N2C[C@@H](C)O[C@@H](C)C2)cc1. The normalized spacial score (nSPS) is 18.9. The van der Waals surface area contributed by atoms with Crippen molar-refractivity contribution in [1.82, 2.24) is 4.90 Å². The summed E-state index contributed by atoms with van der Waals surface area (Å²) >= 11 is 5.66. The maximum absolute atomic E-state index is 12.2. The Balaban J connectivity index is 1.54. The molecule has 6 heteroatoms. The van der Waals surface area contributed by atoms with E-state index in [-0.39, 0.29) is 24.7 Å². The Hall–Kier alpha value is -2.44. The third-order valence-electron chi connectivity index (χ3n) is 4.85. The van der Waals surface area contributed by atoms with Crippen LogP contribution in [0.1, 0.15) is 31.9 Å². The van der Waals surface area contributed by atoms with E-state index >= 15 is 0 Å². The number of carbonyl (C=O) groups excluding carboxylic acids is 1. The molecule has 2 atom stereocenters. The molecule has 1 heterocycles. The number of anilines is 1. The third kappa shape index (κ3) is 5.78. The Kier molecular flexibility index (Phi) is 7.23. The average molecular weight is 413 g/mol. The molecule has 5 nitrogen and oxygen atoms in total. The zero-order chi connectivity index (χ0) is 20.8. The molecule has 0 aliphatic carbocycles. The highest BCUT2D eigenvalue weighted by Crippen LogP contribution is 2.19. The minimum atomic E-state index is -0.179. The Morgan fingerprint density at radius 3 is 2.45 bits per heavy atom. The van der Waals surface area contributed by atoms with Crippen molar-refractivity contribution < 1.29 is 14.3 Å². The standard InChI is InChI=1S/C23H28N2O3S/c1-4-18-7-5-6-8-21(18)24-22(26)15-27-20-11-9-19(10-12-20)23(29)25-13-16(2)28-17(3)14-25/h5-12,16-17H,4,13-15H2,1-3H3,(H,24,26)/t16-,17+. The van der Waals surface area contributed by atoms with E-state index in [1.54, 1.807) is 0 Å². The summed E-state index contributed by atoms with van der Waals surface area (Å²) in [4.78, 5) is 15.2. The second-order valence-electron chi connectivity index (χ2n) is 7.34. The monoisotopic (exact) mass is 412 g/mol. The predicted molar refractivity (Wildman–Crippen MR) is 120 cm³/mol. The number of thiocarbonyl (C=S) groups is 1. The third-order valence-corrected chi connectivity index (χ3v) is 5.34. The van der Waals surface area contributed by atoms with Crippen molar-refractivity contribution in [2.24, 2.45) is 0 Å². The number of hydrogen-bond donors (Lipinski definition) is 1. The molecular weight excluding hydrogens is 384 g/mol. The Morgan fingerprint density at radius 2 is 1.79 bits per heavy atom. The number of hydrogen-bond acceptors (Lipinski definition) is 4. The number of nitrogens with zero attached hydrogens (tertiary/aromatic N) is 1. The highest BCUT2D eigenvalue weighted by atomic mass is 32.1. The van der Waals surface area contributed by atoms with Crippen LogP contribution in [0.2, 0.25) is 0 Å². The van der Waals surface area contributed by atoms with Gasteiger partial charge in [-0.15, -0.1) is 0 Å². The minimum absolute atomic E-state index is 0.0413. The first kappa shape index (κ1) is 21.3. The van der Waals surface area contributed by atoms with Gasteiger partial charge in [-0.1, -0.05) is 37.3 Å². The summed E-state index contributed by atoms with van der Waals surface area (Å²) in [5, 5.41) is 2.91. The van der Waals surface area contributed by atoms with Gasteiger partial charge in [0.1, 0.15) is 10.7 Å². The van der Waals surface area contributed by atoms with Gasteiger partial charge in [-0.3, -0.25) is 4.79 Å². The van der Waals surface area contributed by atoms with Gasteiger partial charge in [-0.25, -0.2) is 0 Å². The maximum atomic E-state index is 12.2. The van der Waals surface area contributed by atoms with Gasteiger partial charge in [0.15, 0.2) is 6.61 Å². The summed E-state index contributed by atoms with van der Waals surface area (Å²) in [6, 6.07) is 15.4. The molecular formula is C23H28N2O3S. The molecule has 0 spiro atoms. The van der Waals surface area contributed by atoms with E-state index in [0.717, 1.165) is 41.3 Å². The Labute approximate surface area is 178 Å². The maximum Gasteiger partial charge on any atom is 0.262 e. The van der Waals surface area contributed by atoms with Crippen molar-refractivity contribution in [2.45, 2.75) is 39.4 Å². The fraction of sp³-hybridized carbons (Fsp3) is 0.391. The summed E-state index contributed by atoms with van der Waals surface area (Å²) in [6.07, 6.45) is 1.19. The van der Waals surface area contributed by atoms with Gasteiger partial charge in [-0.2, -0.15) is 0 Å². The van der Waals surface area contributed by atoms with Gasteiger partial charge in [0.05, 0.1) is 12.2 Å². The number of nitrogens with one attached hydrogen (secondary N) is 1. The van der Waals surface area contributed by atoms with Crippen LogP contribution in [0.4, 0.5) is 5.69 Å². The lowest BCUT2D eigenvalue weighted by Crippen LogP contribution is -2.47. The molecule has 1 aliphatic heterocycles. The molecule has 1 fully saturated rings. The molecule has 0 aromatic heterocycles. The van der Waals surface area contributed by atoms with Crippen molar-refractivity contribution >= 4 is 28.8 Å². The lowest BCUT2D eigenvalue weighted by Gasteiger charge is -2.37. The van der Waals surface area contributed by atoms with E-state index in [9.17, 15) is 4.79 Å². The van der Waals surface area contributed by atoms with Crippen molar-refractivity contribution in [3.05, 3.63) is 59.7 Å². The van der Waals surface area contributed by atoms with Gasteiger partial charge in [-0.05, 0) is 56.2 Å². The van der Waals surface area contributed by atoms with Gasteiger partial charge < -0.3 is 19.7 Å². The van der Waals surface area contributed by atoms with Crippen molar-refractivity contribution in [3.8, 4) is 5.75 Å². The molecule has 1 aliphatic rings. The van der Waals surface area contributed by atoms with Crippen LogP contribution >= 0.6 is 12.2 Å². The van der Waals surface area contributed by atoms with Gasteiger partial charge in [0.2, 0.25) is 0 Å². The summed E-state index contributed by atoms with van der Waals surface area (Å²) in [5.74, 6) is 0.459. The van der Waals surface area contributed by atoms with Crippen LogP contribution in [-0.2, 0) is 16.0 Å². The first-order chi connectivity index (χ1) is 14.0. The highest BCUT2D eigenvalue weighted by Gasteiger charge is 2.24. The van der Waals surface area contributed by atoms with Gasteiger partial charge >= 0.3 is 0 Å². The zero-order valence-corrected chi connectivity index (χ0v) is 18.0. The molecule has 0 bridgehead atoms. The number of benzene rings is 2.